The van der Waals surface area contributed by atoms with Crippen molar-refractivity contribution in [3.8, 4) is 44.5 Å². The fraction of sp³-hybridized carbons (Fsp3) is 0. The molecule has 0 unspecified atom stereocenters. The Hall–Kier alpha value is -7.54. The predicted octanol–water partition coefficient (Wildman–Crippen LogP) is 16.4. The molecule has 12 aromatic rings. The lowest BCUT2D eigenvalue weighted by Gasteiger charge is -2.21. The summed E-state index contributed by atoms with van der Waals surface area (Å²) in [7, 11) is 0. The number of hydrogen-bond donors (Lipinski definition) is 0. The van der Waals surface area contributed by atoms with Crippen molar-refractivity contribution in [2.75, 3.05) is 0 Å². The van der Waals surface area contributed by atoms with Gasteiger partial charge in [-0.2, -0.15) is 0 Å². The third-order valence-electron chi connectivity index (χ3n) is 12.4. The van der Waals surface area contributed by atoms with Gasteiger partial charge in [0, 0.05) is 0 Å². The molecule has 0 saturated heterocycles. The zero-order valence-corrected chi connectivity index (χ0v) is 31.8. The van der Waals surface area contributed by atoms with E-state index in [2.05, 4.69) is 218 Å². The molecule has 0 nitrogen and oxygen atoms in total. The van der Waals surface area contributed by atoms with Crippen LogP contribution in [0.1, 0.15) is 0 Å². The highest BCUT2D eigenvalue weighted by atomic mass is 14.2. The molecule has 0 aliphatic carbocycles. The molecule has 0 aliphatic heterocycles. The lowest BCUT2D eigenvalue weighted by molar-refractivity contribution is 1.65. The molecule has 0 aromatic heterocycles. The first kappa shape index (κ1) is 32.7. The second kappa shape index (κ2) is 13.0. The van der Waals surface area contributed by atoms with Crippen LogP contribution in [0.2, 0.25) is 0 Å². The SMILES string of the molecule is c1ccc2cc(-c3c4ccccc4c(-c4ccc(-c5cccc6ccccc56)c5ccccc45)c4ccc(-c5ccc6ccc7ccccc7c6c5)cc34)ccc2c1. The maximum absolute atomic E-state index is 2.45. The van der Waals surface area contributed by atoms with Gasteiger partial charge in [0.2, 0.25) is 0 Å². The van der Waals surface area contributed by atoms with E-state index in [-0.39, 0.29) is 0 Å². The van der Waals surface area contributed by atoms with Crippen LogP contribution in [-0.2, 0) is 0 Å². The lowest BCUT2D eigenvalue weighted by Crippen LogP contribution is -1.93. The zero-order chi connectivity index (χ0) is 38.2. The molecule has 0 aliphatic rings. The van der Waals surface area contributed by atoms with Gasteiger partial charge in [0.25, 0.3) is 0 Å². The fourth-order valence-electron chi connectivity index (χ4n) is 9.70. The molecule has 268 valence electrons. The summed E-state index contributed by atoms with van der Waals surface area (Å²) in [4.78, 5) is 0. The molecular weight excluding hydrogens is 697 g/mol. The van der Waals surface area contributed by atoms with Crippen LogP contribution in [0.25, 0.3) is 120 Å². The van der Waals surface area contributed by atoms with E-state index in [1.165, 1.54) is 120 Å². The average molecular weight is 733 g/mol. The topological polar surface area (TPSA) is 0 Å². The Balaban J connectivity index is 1.17. The van der Waals surface area contributed by atoms with E-state index in [0.29, 0.717) is 0 Å². The third-order valence-corrected chi connectivity index (χ3v) is 12.4. The van der Waals surface area contributed by atoms with Crippen LogP contribution in [0.15, 0.2) is 218 Å². The monoisotopic (exact) mass is 732 g/mol. The Morgan fingerprint density at radius 3 is 1.40 bits per heavy atom. The van der Waals surface area contributed by atoms with Crippen molar-refractivity contribution in [2.24, 2.45) is 0 Å². The van der Waals surface area contributed by atoms with Gasteiger partial charge in [-0.3, -0.25) is 0 Å². The Morgan fingerprint density at radius 2 is 0.621 bits per heavy atom. The second-order valence-corrected chi connectivity index (χ2v) is 15.6. The third kappa shape index (κ3) is 5.09. The van der Waals surface area contributed by atoms with Crippen molar-refractivity contribution in [3.63, 3.8) is 0 Å². The minimum atomic E-state index is 1.21. The van der Waals surface area contributed by atoms with Gasteiger partial charge < -0.3 is 0 Å². The molecule has 0 N–H and O–H groups in total. The Labute approximate surface area is 336 Å². The molecule has 0 heteroatoms. The normalized spacial score (nSPS) is 11.8. The summed E-state index contributed by atoms with van der Waals surface area (Å²) in [5.74, 6) is 0. The van der Waals surface area contributed by atoms with E-state index in [1.807, 2.05) is 0 Å². The molecule has 12 rings (SSSR count). The Bertz CT molecular complexity index is 3620. The van der Waals surface area contributed by atoms with E-state index >= 15 is 0 Å². The lowest BCUT2D eigenvalue weighted by atomic mass is 9.82. The van der Waals surface area contributed by atoms with Crippen molar-refractivity contribution in [3.05, 3.63) is 218 Å². The van der Waals surface area contributed by atoms with Crippen LogP contribution in [0, 0.1) is 0 Å². The van der Waals surface area contributed by atoms with Gasteiger partial charge in [-0.1, -0.05) is 200 Å². The molecule has 0 radical (unpaired) electrons. The molecule has 12 aromatic carbocycles. The fourth-order valence-corrected chi connectivity index (χ4v) is 9.70. The maximum Gasteiger partial charge on any atom is -0.00201 e. The summed E-state index contributed by atoms with van der Waals surface area (Å²) >= 11 is 0. The molecule has 0 saturated carbocycles. The van der Waals surface area contributed by atoms with Crippen molar-refractivity contribution in [2.45, 2.75) is 0 Å². The number of hydrogen-bond acceptors (Lipinski definition) is 0. The summed E-state index contributed by atoms with van der Waals surface area (Å²) in [6.45, 7) is 0. The number of benzene rings is 12. The van der Waals surface area contributed by atoms with E-state index in [4.69, 9.17) is 0 Å². The standard InChI is InChI=1S/C58H36/c1-2-15-41-34-44(29-24-37(41)12-1)57-51-21-9-10-22-52(51)58(53-33-32-50(48-19-7-8-20-49(48)53)47-23-11-16-38-13-3-5-17-45(38)47)54-31-30-43(36-56(54)57)42-28-27-40-26-25-39-14-4-6-18-46(39)55(40)35-42/h1-36H. The van der Waals surface area contributed by atoms with E-state index in [0.717, 1.165) is 0 Å². The Morgan fingerprint density at radius 1 is 0.172 bits per heavy atom. The first-order valence-corrected chi connectivity index (χ1v) is 20.2. The van der Waals surface area contributed by atoms with E-state index < -0.39 is 0 Å². The van der Waals surface area contributed by atoms with Gasteiger partial charge in [-0.25, -0.2) is 0 Å². The molecule has 0 atom stereocenters. The minimum absolute atomic E-state index is 1.21. The molecular formula is C58H36. The quantitative estimate of drug-likeness (QED) is 0.125. The van der Waals surface area contributed by atoms with Crippen molar-refractivity contribution < 1.29 is 0 Å². The van der Waals surface area contributed by atoms with Gasteiger partial charge in [-0.15, -0.1) is 0 Å². The number of fused-ring (bicyclic) bond motifs is 8. The van der Waals surface area contributed by atoms with Gasteiger partial charge in [0.15, 0.2) is 0 Å². The van der Waals surface area contributed by atoms with Crippen LogP contribution in [0.5, 0.6) is 0 Å². The van der Waals surface area contributed by atoms with Crippen molar-refractivity contribution in [1.82, 2.24) is 0 Å². The summed E-state index contributed by atoms with van der Waals surface area (Å²) in [6, 6.07) is 81.1. The molecule has 0 heterocycles. The zero-order valence-electron chi connectivity index (χ0n) is 31.8. The van der Waals surface area contributed by atoms with Gasteiger partial charge in [0.1, 0.15) is 0 Å². The van der Waals surface area contributed by atoms with Crippen LogP contribution in [0.4, 0.5) is 0 Å². The van der Waals surface area contributed by atoms with Crippen LogP contribution in [0.3, 0.4) is 0 Å². The van der Waals surface area contributed by atoms with Gasteiger partial charge in [0.05, 0.1) is 0 Å². The van der Waals surface area contributed by atoms with Crippen molar-refractivity contribution in [1.29, 1.82) is 0 Å². The first-order valence-electron chi connectivity index (χ1n) is 20.2. The van der Waals surface area contributed by atoms with Gasteiger partial charge >= 0.3 is 0 Å². The van der Waals surface area contributed by atoms with E-state index in [1.54, 1.807) is 0 Å². The van der Waals surface area contributed by atoms with Crippen LogP contribution in [-0.4, -0.2) is 0 Å². The highest BCUT2D eigenvalue weighted by Gasteiger charge is 2.20. The maximum atomic E-state index is 2.45. The highest BCUT2D eigenvalue weighted by molar-refractivity contribution is 6.25. The smallest absolute Gasteiger partial charge is 0.00201 e. The first-order chi connectivity index (χ1) is 28.8. The molecule has 0 bridgehead atoms. The van der Waals surface area contributed by atoms with Crippen LogP contribution >= 0.6 is 0 Å². The molecule has 0 fully saturated rings. The van der Waals surface area contributed by atoms with Crippen LogP contribution < -0.4 is 0 Å². The average Bonchev–Trinajstić information content (AvgIpc) is 3.30. The molecule has 0 spiro atoms. The number of rotatable bonds is 4. The molecule has 58 heavy (non-hydrogen) atoms. The minimum Gasteiger partial charge on any atom is -0.0616 e. The summed E-state index contributed by atoms with van der Waals surface area (Å²) < 4.78 is 0. The summed E-state index contributed by atoms with van der Waals surface area (Å²) in [6.07, 6.45) is 0. The second-order valence-electron chi connectivity index (χ2n) is 15.6. The predicted molar refractivity (Wildman–Crippen MR) is 251 cm³/mol. The van der Waals surface area contributed by atoms with Gasteiger partial charge in [-0.05, 0) is 138 Å². The summed E-state index contributed by atoms with van der Waals surface area (Å²) in [5, 5.41) is 17.6. The Kier molecular flexibility index (Phi) is 7.33. The van der Waals surface area contributed by atoms with E-state index in [9.17, 15) is 0 Å². The molecule has 0 amide bonds. The summed E-state index contributed by atoms with van der Waals surface area (Å²) in [5.41, 5.74) is 9.95. The van der Waals surface area contributed by atoms with Crippen molar-refractivity contribution >= 4 is 75.4 Å². The highest BCUT2D eigenvalue weighted by Crippen LogP contribution is 2.48. The largest absolute Gasteiger partial charge is 0.0616 e.